The van der Waals surface area contributed by atoms with Crippen LogP contribution in [0.3, 0.4) is 0 Å². The van der Waals surface area contributed by atoms with Crippen LogP contribution in [0.5, 0.6) is 0 Å². The molecule has 2 heterocycles. The number of fused-ring (bicyclic) bond motifs is 1. The van der Waals surface area contributed by atoms with Gasteiger partial charge in [0, 0.05) is 10.9 Å². The smallest absolute Gasteiger partial charge is 0.198 e. The third-order valence-electron chi connectivity index (χ3n) is 3.22. The summed E-state index contributed by atoms with van der Waals surface area (Å²) in [5, 5.41) is 4.68. The molecule has 3 nitrogen and oxygen atoms in total. The molecule has 0 radical (unpaired) electrons. The normalized spacial score (nSPS) is 13.0. The molecule has 1 unspecified atom stereocenters. The monoisotopic (exact) mass is 275 g/mol. The molecule has 3 rings (SSSR count). The molecule has 0 spiro atoms. The number of rotatable bonds is 3. The molecule has 0 fully saturated rings. The van der Waals surface area contributed by atoms with Gasteiger partial charge in [0.1, 0.15) is 11.3 Å². The number of halogens is 1. The number of hydrogen-bond acceptors (Lipinski definition) is 3. The minimum absolute atomic E-state index is 0.112. The average molecular weight is 276 g/mol. The summed E-state index contributed by atoms with van der Waals surface area (Å²) in [6.07, 6.45) is 1.58. The van der Waals surface area contributed by atoms with Crippen LogP contribution in [0.15, 0.2) is 45.4 Å². The molecule has 1 atom stereocenters. The molecule has 19 heavy (non-hydrogen) atoms. The molecule has 1 N–H and O–H groups in total. The minimum atomic E-state index is -0.112. The van der Waals surface area contributed by atoms with Crippen LogP contribution in [0.25, 0.3) is 11.0 Å². The van der Waals surface area contributed by atoms with E-state index in [4.69, 9.17) is 20.4 Å². The lowest BCUT2D eigenvalue weighted by molar-refractivity contribution is 0.486. The molecule has 0 amide bonds. The number of aryl methyl sites for hydroxylation is 1. The van der Waals surface area contributed by atoms with Gasteiger partial charge in [-0.2, -0.15) is 0 Å². The van der Waals surface area contributed by atoms with Crippen molar-refractivity contribution in [3.05, 3.63) is 58.7 Å². The molecular formula is C15H14ClNO2. The van der Waals surface area contributed by atoms with Gasteiger partial charge in [-0.15, -0.1) is 0 Å². The summed E-state index contributed by atoms with van der Waals surface area (Å²) in [6.45, 7) is 2.06. The molecule has 1 aromatic carbocycles. The topological polar surface area (TPSA) is 38.3 Å². The Kier molecular flexibility index (Phi) is 3.09. The maximum Gasteiger partial charge on any atom is 0.198 e. The largest absolute Gasteiger partial charge is 0.459 e. The van der Waals surface area contributed by atoms with Gasteiger partial charge in [-0.3, -0.25) is 0 Å². The molecular weight excluding hydrogens is 262 g/mol. The molecule has 0 aliphatic rings. The van der Waals surface area contributed by atoms with E-state index in [0.29, 0.717) is 5.22 Å². The first kappa shape index (κ1) is 12.3. The zero-order valence-corrected chi connectivity index (χ0v) is 11.5. The van der Waals surface area contributed by atoms with E-state index in [0.717, 1.165) is 22.3 Å². The number of nitrogens with one attached hydrogen (secondary N) is 1. The maximum atomic E-state index is 6.04. The van der Waals surface area contributed by atoms with Crippen molar-refractivity contribution in [1.82, 2.24) is 5.32 Å². The van der Waals surface area contributed by atoms with Gasteiger partial charge in [-0.25, -0.2) is 0 Å². The fourth-order valence-corrected chi connectivity index (χ4v) is 2.51. The highest BCUT2D eigenvalue weighted by Crippen LogP contribution is 2.32. The van der Waals surface area contributed by atoms with Crippen LogP contribution in [-0.4, -0.2) is 7.05 Å². The van der Waals surface area contributed by atoms with Crippen molar-refractivity contribution in [2.75, 3.05) is 7.05 Å². The Balaban J connectivity index is 2.09. The molecule has 0 aliphatic carbocycles. The Hall–Kier alpha value is -1.71. The van der Waals surface area contributed by atoms with Gasteiger partial charge in [-0.05, 0) is 49.8 Å². The summed E-state index contributed by atoms with van der Waals surface area (Å²) < 4.78 is 11.0. The second-order valence-electron chi connectivity index (χ2n) is 4.56. The van der Waals surface area contributed by atoms with E-state index >= 15 is 0 Å². The molecule has 2 aromatic heterocycles. The molecule has 0 aliphatic heterocycles. The molecule has 4 heteroatoms. The second-order valence-corrected chi connectivity index (χ2v) is 4.90. The summed E-state index contributed by atoms with van der Waals surface area (Å²) in [7, 11) is 1.87. The highest BCUT2D eigenvalue weighted by molar-refractivity contribution is 6.29. The Morgan fingerprint density at radius 1 is 1.21 bits per heavy atom. The van der Waals surface area contributed by atoms with Crippen LogP contribution in [0.2, 0.25) is 5.22 Å². The molecule has 3 aromatic rings. The quantitative estimate of drug-likeness (QED) is 0.775. The minimum Gasteiger partial charge on any atom is -0.459 e. The summed E-state index contributed by atoms with van der Waals surface area (Å²) in [5.74, 6) is 0.825. The van der Waals surface area contributed by atoms with Crippen LogP contribution in [0.4, 0.5) is 0 Å². The highest BCUT2D eigenvalue weighted by atomic mass is 35.5. The van der Waals surface area contributed by atoms with Crippen molar-refractivity contribution in [2.24, 2.45) is 0 Å². The van der Waals surface area contributed by atoms with Crippen molar-refractivity contribution >= 4 is 22.6 Å². The third-order valence-corrected chi connectivity index (χ3v) is 3.53. The van der Waals surface area contributed by atoms with Crippen molar-refractivity contribution in [1.29, 1.82) is 0 Å². The Labute approximate surface area is 116 Å². The van der Waals surface area contributed by atoms with Crippen LogP contribution < -0.4 is 5.32 Å². The van der Waals surface area contributed by atoms with Crippen LogP contribution in [-0.2, 0) is 0 Å². The third kappa shape index (κ3) is 2.15. The number of furan rings is 2. The molecule has 0 saturated carbocycles. The standard InChI is InChI=1S/C15H14ClNO2/c1-9-3-4-12-10(7-9)8-13(19-12)14(17-2)11-5-6-18-15(11)16/h3-8,14,17H,1-2H3. The lowest BCUT2D eigenvalue weighted by Gasteiger charge is -2.11. The fraction of sp³-hybridized carbons (Fsp3) is 0.200. The van der Waals surface area contributed by atoms with E-state index in [9.17, 15) is 0 Å². The Morgan fingerprint density at radius 3 is 2.74 bits per heavy atom. The van der Waals surface area contributed by atoms with Gasteiger partial charge >= 0.3 is 0 Å². The predicted molar refractivity (Wildman–Crippen MR) is 75.6 cm³/mol. The van der Waals surface area contributed by atoms with Gasteiger partial charge in [0.15, 0.2) is 5.22 Å². The van der Waals surface area contributed by atoms with E-state index in [2.05, 4.69) is 18.3 Å². The first-order chi connectivity index (χ1) is 9.19. The lowest BCUT2D eigenvalue weighted by Crippen LogP contribution is -2.16. The SMILES string of the molecule is CNC(c1cc2cc(C)ccc2o1)c1ccoc1Cl. The van der Waals surface area contributed by atoms with Crippen LogP contribution in [0.1, 0.15) is 22.9 Å². The molecule has 0 saturated heterocycles. The van der Waals surface area contributed by atoms with Crippen molar-refractivity contribution in [2.45, 2.75) is 13.0 Å². The fourth-order valence-electron chi connectivity index (χ4n) is 2.29. The van der Waals surface area contributed by atoms with Crippen LogP contribution in [0, 0.1) is 6.92 Å². The van der Waals surface area contributed by atoms with E-state index in [1.165, 1.54) is 5.56 Å². The number of hydrogen-bond donors (Lipinski definition) is 1. The van der Waals surface area contributed by atoms with Gasteiger partial charge in [0.25, 0.3) is 0 Å². The summed E-state index contributed by atoms with van der Waals surface area (Å²) in [5.41, 5.74) is 2.96. The number of benzene rings is 1. The van der Waals surface area contributed by atoms with Crippen LogP contribution >= 0.6 is 11.6 Å². The van der Waals surface area contributed by atoms with E-state index in [1.807, 2.05) is 31.3 Å². The van der Waals surface area contributed by atoms with Gasteiger partial charge in [0.2, 0.25) is 0 Å². The second kappa shape index (κ2) is 4.76. The van der Waals surface area contributed by atoms with Crippen molar-refractivity contribution in [3.8, 4) is 0 Å². The predicted octanol–water partition coefficient (Wildman–Crippen LogP) is 4.30. The van der Waals surface area contributed by atoms with E-state index in [1.54, 1.807) is 6.26 Å². The highest BCUT2D eigenvalue weighted by Gasteiger charge is 2.21. The summed E-state index contributed by atoms with van der Waals surface area (Å²) >= 11 is 6.04. The molecule has 0 bridgehead atoms. The summed E-state index contributed by atoms with van der Waals surface area (Å²) in [4.78, 5) is 0. The maximum absolute atomic E-state index is 6.04. The Bertz CT molecular complexity index is 714. The summed E-state index contributed by atoms with van der Waals surface area (Å²) in [6, 6.07) is 9.90. The van der Waals surface area contributed by atoms with E-state index < -0.39 is 0 Å². The lowest BCUT2D eigenvalue weighted by atomic mass is 10.1. The molecule has 98 valence electrons. The van der Waals surface area contributed by atoms with Crippen molar-refractivity contribution in [3.63, 3.8) is 0 Å². The Morgan fingerprint density at radius 2 is 2.05 bits per heavy atom. The first-order valence-electron chi connectivity index (χ1n) is 6.09. The zero-order chi connectivity index (χ0) is 13.4. The van der Waals surface area contributed by atoms with Gasteiger partial charge in [0.05, 0.1) is 12.3 Å². The van der Waals surface area contributed by atoms with Gasteiger partial charge in [-0.1, -0.05) is 11.6 Å². The first-order valence-corrected chi connectivity index (χ1v) is 6.47. The van der Waals surface area contributed by atoms with E-state index in [-0.39, 0.29) is 6.04 Å². The van der Waals surface area contributed by atoms with Gasteiger partial charge < -0.3 is 14.2 Å². The van der Waals surface area contributed by atoms with Crippen molar-refractivity contribution < 1.29 is 8.83 Å². The average Bonchev–Trinajstić information content (AvgIpc) is 2.97. The zero-order valence-electron chi connectivity index (χ0n) is 10.7.